The number of nitriles is 2. The Bertz CT molecular complexity index is 2420. The summed E-state index contributed by atoms with van der Waals surface area (Å²) < 4.78 is 141. The number of halogens is 9. The van der Waals surface area contributed by atoms with Gasteiger partial charge < -0.3 is 4.85 Å². The smallest absolute Gasteiger partial charge is 0.325 e. The Labute approximate surface area is 239 Å². The van der Waals surface area contributed by atoms with E-state index < -0.39 is 135 Å². The minimum atomic E-state index is -1.88. The number of fused-ring (bicyclic) bond motifs is 9. The lowest BCUT2D eigenvalue weighted by molar-refractivity contribution is 0.569. The van der Waals surface area contributed by atoms with Gasteiger partial charge in [0.25, 0.3) is 0 Å². The molecule has 0 unspecified atom stereocenters. The average Bonchev–Trinajstić information content (AvgIpc) is 3.03. The molecule has 0 radical (unpaired) electrons. The van der Waals surface area contributed by atoms with E-state index in [4.69, 9.17) is 17.1 Å². The summed E-state index contributed by atoms with van der Waals surface area (Å²) in [7, 11) is 0. The molecule has 0 aliphatic heterocycles. The van der Waals surface area contributed by atoms with Crippen molar-refractivity contribution in [3.05, 3.63) is 75.6 Å². The monoisotopic (exact) mass is 621 g/mol. The minimum Gasteiger partial charge on any atom is -0.357 e. The van der Waals surface area contributed by atoms with Crippen LogP contribution in [-0.4, -0.2) is 29.9 Å². The van der Waals surface area contributed by atoms with Gasteiger partial charge in [-0.25, -0.2) is 51.3 Å². The highest BCUT2D eigenvalue weighted by Gasteiger charge is 2.34. The number of rotatable bonds is 0. The molecule has 3 aromatic heterocycles. The molecule has 0 N–H and O–H groups in total. The molecule has 0 amide bonds. The van der Waals surface area contributed by atoms with E-state index in [0.717, 1.165) is 0 Å². The average molecular weight is 621 g/mol. The molecule has 7 rings (SSSR count). The van der Waals surface area contributed by atoms with Crippen LogP contribution in [0.1, 0.15) is 11.4 Å². The van der Waals surface area contributed by atoms with Crippen LogP contribution in [0.2, 0.25) is 0 Å². The molecule has 45 heavy (non-hydrogen) atoms. The topological polar surface area (TPSA) is 129 Å². The van der Waals surface area contributed by atoms with E-state index >= 15 is 26.3 Å². The number of aromatic nitrogens is 6. The maximum atomic E-state index is 16.3. The zero-order chi connectivity index (χ0) is 32.2. The first-order chi connectivity index (χ1) is 21.4. The van der Waals surface area contributed by atoms with Crippen molar-refractivity contribution in [2.24, 2.45) is 0 Å². The van der Waals surface area contributed by atoms with Gasteiger partial charge in [-0.2, -0.15) is 23.7 Å². The van der Waals surface area contributed by atoms with Gasteiger partial charge in [-0.1, -0.05) is 6.57 Å². The highest BCUT2D eigenvalue weighted by Crippen LogP contribution is 2.47. The van der Waals surface area contributed by atoms with Crippen LogP contribution in [0.4, 0.5) is 45.3 Å². The molecule has 0 saturated heterocycles. The van der Waals surface area contributed by atoms with Crippen LogP contribution in [0.25, 0.3) is 70.3 Å². The SMILES string of the molecule is [C-]#[N+]c1nc2c(F)c3c4c(F)c5nc(F)c(C#N)nc5c(F)c4c4c(F)c5nc(F)c(C#N)nc5c(F)c4c3c(F)c2nc1F. The summed E-state index contributed by atoms with van der Waals surface area (Å²) in [5, 5.41) is 9.92. The van der Waals surface area contributed by atoms with Crippen LogP contribution in [0.5, 0.6) is 0 Å². The number of hydrogen-bond acceptors (Lipinski definition) is 8. The van der Waals surface area contributed by atoms with Gasteiger partial charge in [0.15, 0.2) is 51.8 Å². The Morgan fingerprint density at radius 3 is 0.978 bits per heavy atom. The fourth-order valence-electron chi connectivity index (χ4n) is 5.14. The summed E-state index contributed by atoms with van der Waals surface area (Å²) in [5.41, 5.74) is -9.88. The van der Waals surface area contributed by atoms with Gasteiger partial charge >= 0.3 is 5.82 Å². The Morgan fingerprint density at radius 2 is 0.689 bits per heavy atom. The van der Waals surface area contributed by atoms with Crippen molar-refractivity contribution in [3.8, 4) is 12.1 Å². The summed E-state index contributed by atoms with van der Waals surface area (Å²) in [6, 6.07) is 2.45. The molecule has 0 aliphatic rings. The van der Waals surface area contributed by atoms with E-state index in [9.17, 15) is 13.2 Å². The lowest BCUT2D eigenvalue weighted by Gasteiger charge is -2.17. The second-order valence-electron chi connectivity index (χ2n) is 9.13. The van der Waals surface area contributed by atoms with Gasteiger partial charge in [0.05, 0.1) is 0 Å². The number of hydrogen-bond donors (Lipinski definition) is 0. The molecule has 0 fully saturated rings. The Hall–Kier alpha value is -6.48. The predicted molar refractivity (Wildman–Crippen MR) is 134 cm³/mol. The minimum absolute atomic E-state index is 1.16. The number of benzene rings is 4. The van der Waals surface area contributed by atoms with Gasteiger partial charge in [-0.05, 0) is 0 Å². The predicted octanol–water partition coefficient (Wildman–Crippen LogP) is 6.52. The van der Waals surface area contributed by atoms with E-state index in [1.165, 1.54) is 12.1 Å². The van der Waals surface area contributed by atoms with E-state index in [-0.39, 0.29) is 0 Å². The zero-order valence-corrected chi connectivity index (χ0v) is 20.9. The second-order valence-corrected chi connectivity index (χ2v) is 9.13. The molecule has 0 atom stereocenters. The van der Waals surface area contributed by atoms with Crippen LogP contribution < -0.4 is 0 Å². The van der Waals surface area contributed by atoms with Gasteiger partial charge in [-0.15, -0.1) is 4.98 Å². The van der Waals surface area contributed by atoms with Crippen molar-refractivity contribution in [3.63, 3.8) is 0 Å². The third-order valence-corrected chi connectivity index (χ3v) is 6.93. The molecule has 216 valence electrons. The normalized spacial score (nSPS) is 11.6. The third-order valence-electron chi connectivity index (χ3n) is 6.93. The molecule has 0 aliphatic carbocycles. The molecule has 18 heteroatoms. The molecule has 4 aromatic carbocycles. The van der Waals surface area contributed by atoms with Crippen molar-refractivity contribution >= 4 is 71.2 Å². The molecule has 0 spiro atoms. The standard InChI is InChI=1S/C27F9N9/c1-39-27-26(36)44-22-16(32)10-7-8(14(30)20-19(13(7)29)41-4(2-37)24(34)42-20)6-9(11(10)17(33)23(22)45-27)15(31)21-18(12(6)28)40-5(3-38)25(35)43-21. The Balaban J connectivity index is 1.95. The van der Waals surface area contributed by atoms with Crippen LogP contribution >= 0.6 is 0 Å². The highest BCUT2D eigenvalue weighted by molar-refractivity contribution is 6.30. The maximum absolute atomic E-state index is 16.3. The van der Waals surface area contributed by atoms with Crippen molar-refractivity contribution in [1.29, 1.82) is 10.5 Å². The van der Waals surface area contributed by atoms with Crippen LogP contribution in [0.3, 0.4) is 0 Å². The first-order valence-corrected chi connectivity index (χ1v) is 11.8. The molecule has 0 bridgehead atoms. The van der Waals surface area contributed by atoms with Crippen molar-refractivity contribution in [2.75, 3.05) is 0 Å². The van der Waals surface area contributed by atoms with E-state index in [0.29, 0.717) is 0 Å². The van der Waals surface area contributed by atoms with Gasteiger partial charge in [0, 0.05) is 32.3 Å². The third kappa shape index (κ3) is 3.31. The quantitative estimate of drug-likeness (QED) is 0.0810. The fourth-order valence-corrected chi connectivity index (χ4v) is 5.14. The van der Waals surface area contributed by atoms with Crippen LogP contribution in [-0.2, 0) is 0 Å². The summed E-state index contributed by atoms with van der Waals surface area (Å²) in [6.07, 6.45) is 0. The highest BCUT2D eigenvalue weighted by atomic mass is 19.2. The van der Waals surface area contributed by atoms with Crippen molar-refractivity contribution in [1.82, 2.24) is 29.9 Å². The maximum Gasteiger partial charge on any atom is 0.325 e. The van der Waals surface area contributed by atoms with Crippen molar-refractivity contribution in [2.45, 2.75) is 0 Å². The summed E-state index contributed by atoms with van der Waals surface area (Å²) >= 11 is 0. The van der Waals surface area contributed by atoms with Crippen LogP contribution in [0.15, 0.2) is 0 Å². The summed E-state index contributed by atoms with van der Waals surface area (Å²) in [6.45, 7) is 7.00. The largest absolute Gasteiger partial charge is 0.357 e. The van der Waals surface area contributed by atoms with Gasteiger partial charge in [-0.3, -0.25) is 0 Å². The van der Waals surface area contributed by atoms with Gasteiger partial charge in [0.2, 0.25) is 23.4 Å². The van der Waals surface area contributed by atoms with Gasteiger partial charge in [0.1, 0.15) is 34.2 Å². The molecule has 0 saturated carbocycles. The Morgan fingerprint density at radius 1 is 0.422 bits per heavy atom. The fraction of sp³-hybridized carbons (Fsp3) is 0. The zero-order valence-electron chi connectivity index (χ0n) is 20.9. The lowest BCUT2D eigenvalue weighted by atomic mass is 9.90. The first kappa shape index (κ1) is 27.4. The van der Waals surface area contributed by atoms with E-state index in [2.05, 4.69) is 34.7 Å². The number of nitrogens with zero attached hydrogens (tertiary/aromatic N) is 9. The molecule has 7 aromatic rings. The molecular weight excluding hydrogens is 621 g/mol. The first-order valence-electron chi connectivity index (χ1n) is 11.8. The molecule has 9 nitrogen and oxygen atoms in total. The van der Waals surface area contributed by atoms with E-state index in [1.54, 1.807) is 0 Å². The Kier molecular flexibility index (Phi) is 5.48. The van der Waals surface area contributed by atoms with Crippen LogP contribution in [0, 0.1) is 82.0 Å². The lowest BCUT2D eigenvalue weighted by Crippen LogP contribution is -2.07. The summed E-state index contributed by atoms with van der Waals surface area (Å²) in [5.74, 6) is -17.5. The second kappa shape index (κ2) is 9.01. The summed E-state index contributed by atoms with van der Waals surface area (Å²) in [4.78, 5) is 22.2. The molecular formula is C27F9N9. The van der Waals surface area contributed by atoms with E-state index in [1.807, 2.05) is 0 Å². The van der Waals surface area contributed by atoms with Crippen molar-refractivity contribution < 1.29 is 39.5 Å². The molecule has 3 heterocycles.